The molecule has 5 nitrogen and oxygen atoms in total. The van der Waals surface area contributed by atoms with Crippen LogP contribution in [0.4, 0.5) is 5.69 Å². The average molecular weight is 375 g/mol. The molecule has 0 N–H and O–H groups in total. The first-order chi connectivity index (χ1) is 12.3. The third-order valence-corrected chi connectivity index (χ3v) is 6.03. The zero-order valence-corrected chi connectivity index (χ0v) is 16.4. The van der Waals surface area contributed by atoms with Gasteiger partial charge in [-0.2, -0.15) is 0 Å². The molecule has 0 fully saturated rings. The maximum absolute atomic E-state index is 12.6. The molecule has 0 aliphatic heterocycles. The zero-order valence-electron chi connectivity index (χ0n) is 15.6. The molecule has 0 saturated heterocycles. The molecule has 140 valence electrons. The maximum Gasteiger partial charge on any atom is 0.228 e. The predicted molar refractivity (Wildman–Crippen MR) is 106 cm³/mol. The van der Waals surface area contributed by atoms with Crippen molar-refractivity contribution in [3.63, 3.8) is 0 Å². The van der Waals surface area contributed by atoms with Crippen LogP contribution >= 0.6 is 0 Å². The minimum Gasteiger partial charge on any atom is -0.313 e. The third kappa shape index (κ3) is 5.41. The van der Waals surface area contributed by atoms with Gasteiger partial charge in [0.05, 0.1) is 5.75 Å². The van der Waals surface area contributed by atoms with Crippen LogP contribution in [0.2, 0.25) is 0 Å². The molecule has 2 aromatic rings. The van der Waals surface area contributed by atoms with E-state index in [1.807, 2.05) is 68.4 Å². The quantitative estimate of drug-likeness (QED) is 0.713. The summed E-state index contributed by atoms with van der Waals surface area (Å²) in [6.45, 7) is 4.65. The van der Waals surface area contributed by atoms with E-state index in [-0.39, 0.29) is 18.1 Å². The number of carbonyl (C=O) groups excluding carboxylic acids is 1. The molecular formula is C20H26N2O3S. The number of hydrogen-bond acceptors (Lipinski definition) is 3. The molecule has 0 heterocycles. The van der Waals surface area contributed by atoms with Crippen molar-refractivity contribution in [3.8, 4) is 0 Å². The topological polar surface area (TPSA) is 57.7 Å². The van der Waals surface area contributed by atoms with Crippen molar-refractivity contribution in [2.45, 2.75) is 26.8 Å². The molecule has 0 aromatic heterocycles. The summed E-state index contributed by atoms with van der Waals surface area (Å²) in [5, 5.41) is 0. The lowest BCUT2D eigenvalue weighted by Crippen LogP contribution is -2.35. The summed E-state index contributed by atoms with van der Waals surface area (Å²) in [5.74, 6) is -0.382. The van der Waals surface area contributed by atoms with Gasteiger partial charge in [-0.3, -0.25) is 4.79 Å². The fraction of sp³-hybridized carbons (Fsp3) is 0.350. The van der Waals surface area contributed by atoms with Gasteiger partial charge in [0, 0.05) is 32.2 Å². The number of rotatable bonds is 8. The highest BCUT2D eigenvalue weighted by Crippen LogP contribution is 2.17. The standard InChI is InChI=1S/C20H26N2O3S/c1-4-22(19-12-8-9-17(2)15-19)20(23)13-14-26(24,25)21(3)16-18-10-6-5-7-11-18/h5-12,15H,4,13-14,16H2,1-3H3. The van der Waals surface area contributed by atoms with Gasteiger partial charge in [0.15, 0.2) is 0 Å². The first-order valence-electron chi connectivity index (χ1n) is 8.68. The Labute approximate surface area is 156 Å². The van der Waals surface area contributed by atoms with Gasteiger partial charge in [-0.05, 0) is 37.1 Å². The Morgan fingerprint density at radius 3 is 2.35 bits per heavy atom. The summed E-state index contributed by atoms with van der Waals surface area (Å²) in [6, 6.07) is 17.1. The van der Waals surface area contributed by atoms with Crippen LogP contribution in [0, 0.1) is 6.92 Å². The summed E-state index contributed by atoms with van der Waals surface area (Å²) < 4.78 is 26.3. The highest BCUT2D eigenvalue weighted by atomic mass is 32.2. The van der Waals surface area contributed by atoms with Crippen LogP contribution in [0.15, 0.2) is 54.6 Å². The SMILES string of the molecule is CCN(C(=O)CCS(=O)(=O)N(C)Cc1ccccc1)c1cccc(C)c1. The lowest BCUT2D eigenvalue weighted by atomic mass is 10.2. The summed E-state index contributed by atoms with van der Waals surface area (Å²) in [7, 11) is -1.95. The third-order valence-electron chi connectivity index (χ3n) is 4.23. The van der Waals surface area contributed by atoms with Crippen molar-refractivity contribution in [1.29, 1.82) is 0 Å². The first-order valence-corrected chi connectivity index (χ1v) is 10.3. The Balaban J connectivity index is 2.00. The number of anilines is 1. The van der Waals surface area contributed by atoms with Crippen LogP contribution in [0.25, 0.3) is 0 Å². The number of nitrogens with zero attached hydrogens (tertiary/aromatic N) is 2. The molecule has 0 aliphatic carbocycles. The van der Waals surface area contributed by atoms with Crippen molar-refractivity contribution in [2.24, 2.45) is 0 Å². The molecule has 6 heteroatoms. The van der Waals surface area contributed by atoms with E-state index in [4.69, 9.17) is 0 Å². The lowest BCUT2D eigenvalue weighted by Gasteiger charge is -2.22. The van der Waals surface area contributed by atoms with Gasteiger partial charge >= 0.3 is 0 Å². The fourth-order valence-corrected chi connectivity index (χ4v) is 3.83. The Bertz CT molecular complexity index is 835. The average Bonchev–Trinajstić information content (AvgIpc) is 2.61. The molecule has 2 aromatic carbocycles. The highest BCUT2D eigenvalue weighted by molar-refractivity contribution is 7.89. The number of aryl methyl sites for hydroxylation is 1. The van der Waals surface area contributed by atoms with Gasteiger partial charge in [0.25, 0.3) is 0 Å². The van der Waals surface area contributed by atoms with E-state index in [0.29, 0.717) is 13.1 Å². The maximum atomic E-state index is 12.6. The van der Waals surface area contributed by atoms with Gasteiger partial charge in [0.2, 0.25) is 15.9 Å². The normalized spacial score (nSPS) is 11.5. The number of sulfonamides is 1. The van der Waals surface area contributed by atoms with E-state index >= 15 is 0 Å². The Morgan fingerprint density at radius 2 is 1.73 bits per heavy atom. The Kier molecular flexibility index (Phi) is 6.94. The fourth-order valence-electron chi connectivity index (χ4n) is 2.74. The number of carbonyl (C=O) groups is 1. The zero-order chi connectivity index (χ0) is 19.2. The summed E-state index contributed by atoms with van der Waals surface area (Å²) in [6.07, 6.45) is -0.0384. The monoisotopic (exact) mass is 374 g/mol. The first kappa shape index (κ1) is 20.1. The van der Waals surface area contributed by atoms with Crippen LogP contribution in [0.5, 0.6) is 0 Å². The predicted octanol–water partition coefficient (Wildman–Crippen LogP) is 3.20. The largest absolute Gasteiger partial charge is 0.313 e. The van der Waals surface area contributed by atoms with Crippen LogP contribution in [-0.2, 0) is 21.4 Å². The molecule has 0 unspecified atom stereocenters. The van der Waals surface area contributed by atoms with Gasteiger partial charge in [-0.15, -0.1) is 0 Å². The Hall–Kier alpha value is -2.18. The van der Waals surface area contributed by atoms with Crippen LogP contribution in [0.1, 0.15) is 24.5 Å². The lowest BCUT2D eigenvalue weighted by molar-refractivity contribution is -0.118. The minimum absolute atomic E-state index is 0.0384. The van der Waals surface area contributed by atoms with E-state index in [2.05, 4.69) is 0 Å². The van der Waals surface area contributed by atoms with E-state index in [9.17, 15) is 13.2 Å². The molecule has 2 rings (SSSR count). The minimum atomic E-state index is -3.50. The molecule has 0 saturated carbocycles. The van der Waals surface area contributed by atoms with E-state index in [0.717, 1.165) is 16.8 Å². The second kappa shape index (κ2) is 8.96. The second-order valence-corrected chi connectivity index (χ2v) is 8.48. The van der Waals surface area contributed by atoms with Crippen LogP contribution in [-0.4, -0.2) is 38.0 Å². The van der Waals surface area contributed by atoms with Crippen molar-refractivity contribution < 1.29 is 13.2 Å². The second-order valence-electron chi connectivity index (χ2n) is 6.28. The molecule has 0 aliphatic rings. The van der Waals surface area contributed by atoms with Crippen LogP contribution < -0.4 is 4.90 Å². The number of hydrogen-bond donors (Lipinski definition) is 0. The van der Waals surface area contributed by atoms with E-state index in [1.54, 1.807) is 11.9 Å². The highest BCUT2D eigenvalue weighted by Gasteiger charge is 2.22. The number of amides is 1. The summed E-state index contributed by atoms with van der Waals surface area (Å²) >= 11 is 0. The smallest absolute Gasteiger partial charge is 0.228 e. The molecule has 0 spiro atoms. The summed E-state index contributed by atoms with van der Waals surface area (Å²) in [4.78, 5) is 14.2. The van der Waals surface area contributed by atoms with Gasteiger partial charge in [0.1, 0.15) is 0 Å². The van der Waals surface area contributed by atoms with Gasteiger partial charge in [-0.25, -0.2) is 12.7 Å². The molecule has 0 radical (unpaired) electrons. The molecule has 0 bridgehead atoms. The van der Waals surface area contributed by atoms with Crippen molar-refractivity contribution in [1.82, 2.24) is 4.31 Å². The van der Waals surface area contributed by atoms with Crippen molar-refractivity contribution in [3.05, 3.63) is 65.7 Å². The van der Waals surface area contributed by atoms with Crippen molar-refractivity contribution in [2.75, 3.05) is 24.2 Å². The molecular weight excluding hydrogens is 348 g/mol. The summed E-state index contributed by atoms with van der Waals surface area (Å²) in [5.41, 5.74) is 2.77. The van der Waals surface area contributed by atoms with Gasteiger partial charge < -0.3 is 4.90 Å². The Morgan fingerprint density at radius 1 is 1.04 bits per heavy atom. The molecule has 26 heavy (non-hydrogen) atoms. The van der Waals surface area contributed by atoms with Gasteiger partial charge in [-0.1, -0.05) is 42.5 Å². The van der Waals surface area contributed by atoms with E-state index < -0.39 is 10.0 Å². The molecule has 0 atom stereocenters. The van der Waals surface area contributed by atoms with Crippen molar-refractivity contribution >= 4 is 21.6 Å². The van der Waals surface area contributed by atoms with Crippen LogP contribution in [0.3, 0.4) is 0 Å². The molecule has 1 amide bonds. The van der Waals surface area contributed by atoms with E-state index in [1.165, 1.54) is 4.31 Å². The number of benzene rings is 2.